The van der Waals surface area contributed by atoms with Gasteiger partial charge in [0, 0.05) is 12.5 Å². The third-order valence-corrected chi connectivity index (χ3v) is 4.32. The first-order valence-corrected chi connectivity index (χ1v) is 8.35. The van der Waals surface area contributed by atoms with Crippen LogP contribution in [0, 0.1) is 17.6 Å². The van der Waals surface area contributed by atoms with Crippen LogP contribution in [-0.4, -0.2) is 33.7 Å². The van der Waals surface area contributed by atoms with Crippen LogP contribution >= 0.6 is 0 Å². The molecule has 0 aliphatic heterocycles. The zero-order chi connectivity index (χ0) is 15.6. The highest BCUT2D eigenvalue weighted by Crippen LogP contribution is 2.29. The molecule has 0 aromatic heterocycles. The van der Waals surface area contributed by atoms with Gasteiger partial charge < -0.3 is 5.32 Å². The van der Waals surface area contributed by atoms with Gasteiger partial charge in [-0.25, -0.2) is 17.2 Å². The van der Waals surface area contributed by atoms with E-state index in [-0.39, 0.29) is 24.9 Å². The molecule has 21 heavy (non-hydrogen) atoms. The third-order valence-electron chi connectivity index (χ3n) is 3.15. The summed E-state index contributed by atoms with van der Waals surface area (Å²) in [5.41, 5.74) is -0.624. The molecule has 1 aromatic carbocycles. The summed E-state index contributed by atoms with van der Waals surface area (Å²) in [6.45, 7) is -0.231. The fraction of sp³-hybridized carbons (Fsp3) is 0.462. The van der Waals surface area contributed by atoms with Gasteiger partial charge in [-0.3, -0.25) is 9.10 Å². The number of halogens is 2. The van der Waals surface area contributed by atoms with Crippen molar-refractivity contribution in [2.75, 3.05) is 23.7 Å². The number of carbonyl (C=O) groups is 1. The molecule has 0 saturated heterocycles. The van der Waals surface area contributed by atoms with Crippen LogP contribution in [0.3, 0.4) is 0 Å². The molecule has 0 atom stereocenters. The van der Waals surface area contributed by atoms with E-state index in [0.717, 1.165) is 37.3 Å². The minimum atomic E-state index is -3.86. The summed E-state index contributed by atoms with van der Waals surface area (Å²) in [4.78, 5) is 11.5. The van der Waals surface area contributed by atoms with Gasteiger partial charge in [0.05, 0.1) is 12.8 Å². The van der Waals surface area contributed by atoms with Gasteiger partial charge in [0.1, 0.15) is 5.69 Å². The number of nitrogens with one attached hydrogen (secondary N) is 1. The van der Waals surface area contributed by atoms with Crippen molar-refractivity contribution in [2.45, 2.75) is 12.8 Å². The van der Waals surface area contributed by atoms with E-state index in [2.05, 4.69) is 5.32 Å². The third kappa shape index (κ3) is 3.90. The standard InChI is InChI=1S/C13H16F2N2O3S/c1-21(19,20)17(8-7-16-13(18)9-5-6-9)12-10(14)3-2-4-11(12)15/h2-4,9H,5-8H2,1H3,(H,16,18). The number of anilines is 1. The molecular weight excluding hydrogens is 302 g/mol. The van der Waals surface area contributed by atoms with Gasteiger partial charge in [0.15, 0.2) is 11.6 Å². The molecule has 1 amide bonds. The lowest BCUT2D eigenvalue weighted by Gasteiger charge is -2.23. The lowest BCUT2D eigenvalue weighted by molar-refractivity contribution is -0.122. The number of carbonyl (C=O) groups excluding carboxylic acids is 1. The number of hydrogen-bond donors (Lipinski definition) is 1. The molecular formula is C13H16F2N2O3S. The number of nitrogens with zero attached hydrogens (tertiary/aromatic N) is 1. The Labute approximate surface area is 122 Å². The van der Waals surface area contributed by atoms with Gasteiger partial charge in [0.25, 0.3) is 0 Å². The second kappa shape index (κ2) is 5.97. The lowest BCUT2D eigenvalue weighted by Crippen LogP contribution is -2.39. The minimum Gasteiger partial charge on any atom is -0.354 e. The molecule has 1 saturated carbocycles. The topological polar surface area (TPSA) is 66.5 Å². The second-order valence-electron chi connectivity index (χ2n) is 4.97. The zero-order valence-electron chi connectivity index (χ0n) is 11.5. The summed E-state index contributed by atoms with van der Waals surface area (Å²) in [5.74, 6) is -2.10. The van der Waals surface area contributed by atoms with Crippen LogP contribution in [0.2, 0.25) is 0 Å². The highest BCUT2D eigenvalue weighted by atomic mass is 32.2. The zero-order valence-corrected chi connectivity index (χ0v) is 12.3. The molecule has 0 radical (unpaired) electrons. The maximum Gasteiger partial charge on any atom is 0.232 e. The molecule has 5 nitrogen and oxygen atoms in total. The van der Waals surface area contributed by atoms with Crippen molar-refractivity contribution >= 4 is 21.6 Å². The average molecular weight is 318 g/mol. The number of benzene rings is 1. The molecule has 2 rings (SSSR count). The van der Waals surface area contributed by atoms with Gasteiger partial charge in [-0.15, -0.1) is 0 Å². The first-order valence-electron chi connectivity index (χ1n) is 6.50. The first kappa shape index (κ1) is 15.7. The van der Waals surface area contributed by atoms with Crippen molar-refractivity contribution < 1.29 is 22.0 Å². The van der Waals surface area contributed by atoms with Crippen molar-refractivity contribution in [3.63, 3.8) is 0 Å². The summed E-state index contributed by atoms with van der Waals surface area (Å²) < 4.78 is 51.5. The molecule has 1 fully saturated rings. The number of amides is 1. The minimum absolute atomic E-state index is 0.00379. The van der Waals surface area contributed by atoms with Gasteiger partial charge in [-0.1, -0.05) is 6.07 Å². The fourth-order valence-corrected chi connectivity index (χ4v) is 2.87. The van der Waals surface area contributed by atoms with Crippen molar-refractivity contribution in [1.29, 1.82) is 0 Å². The Hall–Kier alpha value is -1.70. The summed E-state index contributed by atoms with van der Waals surface area (Å²) in [7, 11) is -3.86. The maximum absolute atomic E-state index is 13.7. The van der Waals surface area contributed by atoms with Crippen LogP contribution in [0.25, 0.3) is 0 Å². The van der Waals surface area contributed by atoms with E-state index in [9.17, 15) is 22.0 Å². The summed E-state index contributed by atoms with van der Waals surface area (Å²) in [6.07, 6.45) is 2.51. The highest BCUT2D eigenvalue weighted by Gasteiger charge is 2.30. The number of hydrogen-bond acceptors (Lipinski definition) is 3. The summed E-state index contributed by atoms with van der Waals surface area (Å²) in [6, 6.07) is 3.13. The Morgan fingerprint density at radius 2 is 1.90 bits per heavy atom. The molecule has 116 valence electrons. The van der Waals surface area contributed by atoms with E-state index in [1.165, 1.54) is 0 Å². The molecule has 0 unspecified atom stereocenters. The predicted octanol–water partition coefficient (Wildman–Crippen LogP) is 1.26. The smallest absolute Gasteiger partial charge is 0.232 e. The van der Waals surface area contributed by atoms with E-state index >= 15 is 0 Å². The number of rotatable bonds is 6. The number of sulfonamides is 1. The van der Waals surface area contributed by atoms with Crippen molar-refractivity contribution in [3.05, 3.63) is 29.8 Å². The Kier molecular flexibility index (Phi) is 4.46. The van der Waals surface area contributed by atoms with Gasteiger partial charge in [-0.2, -0.15) is 0 Å². The Morgan fingerprint density at radius 1 is 1.33 bits per heavy atom. The van der Waals surface area contributed by atoms with E-state index in [0.29, 0.717) is 4.31 Å². The van der Waals surface area contributed by atoms with Crippen LogP contribution in [0.4, 0.5) is 14.5 Å². The Morgan fingerprint density at radius 3 is 2.38 bits per heavy atom. The first-order chi connectivity index (χ1) is 9.80. The van der Waals surface area contributed by atoms with Crippen LogP contribution in [0.1, 0.15) is 12.8 Å². The number of para-hydroxylation sites is 1. The molecule has 0 spiro atoms. The van der Waals surface area contributed by atoms with Crippen molar-refractivity contribution in [1.82, 2.24) is 5.32 Å². The second-order valence-corrected chi connectivity index (χ2v) is 6.88. The largest absolute Gasteiger partial charge is 0.354 e. The van der Waals surface area contributed by atoms with Gasteiger partial charge in [0.2, 0.25) is 15.9 Å². The van der Waals surface area contributed by atoms with Crippen LogP contribution < -0.4 is 9.62 Å². The van der Waals surface area contributed by atoms with Crippen molar-refractivity contribution in [2.24, 2.45) is 5.92 Å². The summed E-state index contributed by atoms with van der Waals surface area (Å²) in [5, 5.41) is 2.57. The summed E-state index contributed by atoms with van der Waals surface area (Å²) >= 11 is 0. The Balaban J connectivity index is 2.13. The van der Waals surface area contributed by atoms with E-state index < -0.39 is 27.3 Å². The highest BCUT2D eigenvalue weighted by molar-refractivity contribution is 7.92. The Bertz CT molecular complexity index is 625. The van der Waals surface area contributed by atoms with Crippen LogP contribution in [-0.2, 0) is 14.8 Å². The van der Waals surface area contributed by atoms with E-state index in [1.54, 1.807) is 0 Å². The SMILES string of the molecule is CS(=O)(=O)N(CCNC(=O)C1CC1)c1c(F)cccc1F. The van der Waals surface area contributed by atoms with E-state index in [1.807, 2.05) is 0 Å². The molecule has 1 aliphatic carbocycles. The monoisotopic (exact) mass is 318 g/mol. The van der Waals surface area contributed by atoms with E-state index in [4.69, 9.17) is 0 Å². The molecule has 1 aliphatic rings. The quantitative estimate of drug-likeness (QED) is 0.858. The molecule has 1 N–H and O–H groups in total. The maximum atomic E-state index is 13.7. The van der Waals surface area contributed by atoms with Gasteiger partial charge in [-0.05, 0) is 25.0 Å². The van der Waals surface area contributed by atoms with Crippen LogP contribution in [0.5, 0.6) is 0 Å². The molecule has 0 heterocycles. The normalized spacial score (nSPS) is 14.8. The molecule has 8 heteroatoms. The fourth-order valence-electron chi connectivity index (χ4n) is 1.94. The molecule has 0 bridgehead atoms. The lowest BCUT2D eigenvalue weighted by atomic mass is 10.3. The van der Waals surface area contributed by atoms with Crippen LogP contribution in [0.15, 0.2) is 18.2 Å². The van der Waals surface area contributed by atoms with Gasteiger partial charge >= 0.3 is 0 Å². The molecule has 1 aromatic rings. The predicted molar refractivity (Wildman–Crippen MR) is 74.3 cm³/mol. The average Bonchev–Trinajstić information content (AvgIpc) is 3.19. The van der Waals surface area contributed by atoms with Crippen molar-refractivity contribution in [3.8, 4) is 0 Å².